The summed E-state index contributed by atoms with van der Waals surface area (Å²) in [5.41, 5.74) is 3.70. The maximum Gasteiger partial charge on any atom is 0.165 e. The van der Waals surface area contributed by atoms with Crippen LogP contribution < -0.4 is 16.0 Å². The third-order valence-electron chi connectivity index (χ3n) is 2.93. The highest BCUT2D eigenvalue weighted by Crippen LogP contribution is 2.27. The molecule has 90 valence electrons. The lowest BCUT2D eigenvalue weighted by Crippen LogP contribution is -2.32. The van der Waals surface area contributed by atoms with Crippen molar-refractivity contribution in [1.82, 2.24) is 5.43 Å². The molecule has 0 aliphatic rings. The monoisotopic (exact) mass is 226 g/mol. The average Bonchev–Trinajstić information content (AvgIpc) is 2.31. The van der Waals surface area contributed by atoms with Gasteiger partial charge in [0, 0.05) is 6.04 Å². The van der Waals surface area contributed by atoms with E-state index in [4.69, 9.17) is 10.6 Å². The lowest BCUT2D eigenvalue weighted by Gasteiger charge is -2.23. The molecule has 0 bridgehead atoms. The van der Waals surface area contributed by atoms with Crippen molar-refractivity contribution in [3.8, 4) is 5.75 Å². The Morgan fingerprint density at radius 3 is 2.69 bits per heavy atom. The molecule has 0 spiro atoms. The van der Waals surface area contributed by atoms with Crippen LogP contribution in [-0.2, 0) is 0 Å². The van der Waals surface area contributed by atoms with Crippen molar-refractivity contribution in [2.24, 2.45) is 11.8 Å². The van der Waals surface area contributed by atoms with E-state index in [1.165, 1.54) is 13.2 Å². The molecule has 0 aliphatic carbocycles. The summed E-state index contributed by atoms with van der Waals surface area (Å²) in [4.78, 5) is 0. The van der Waals surface area contributed by atoms with Gasteiger partial charge in [-0.2, -0.15) is 0 Å². The van der Waals surface area contributed by atoms with Gasteiger partial charge in [0.15, 0.2) is 11.6 Å². The molecular formula is C12H19FN2O. The molecule has 3 N–H and O–H groups in total. The third kappa shape index (κ3) is 2.71. The molecule has 1 aromatic rings. The largest absolute Gasteiger partial charge is 0.494 e. The summed E-state index contributed by atoms with van der Waals surface area (Å²) in [5, 5.41) is 0. The number of hydrazine groups is 1. The second-order valence-corrected chi connectivity index (χ2v) is 3.92. The van der Waals surface area contributed by atoms with E-state index in [0.717, 1.165) is 12.0 Å². The van der Waals surface area contributed by atoms with Gasteiger partial charge in [0.1, 0.15) is 0 Å². The molecule has 2 unspecified atom stereocenters. The number of methoxy groups -OCH3 is 1. The molecule has 1 aromatic carbocycles. The Balaban J connectivity index is 3.01. The number of halogens is 1. The van der Waals surface area contributed by atoms with Crippen LogP contribution in [0.25, 0.3) is 0 Å². The Bertz CT molecular complexity index is 344. The second-order valence-electron chi connectivity index (χ2n) is 3.92. The number of benzene rings is 1. The summed E-state index contributed by atoms with van der Waals surface area (Å²) in [6.07, 6.45) is 0.995. The highest BCUT2D eigenvalue weighted by Gasteiger charge is 2.17. The topological polar surface area (TPSA) is 47.3 Å². The van der Waals surface area contributed by atoms with E-state index < -0.39 is 0 Å². The van der Waals surface area contributed by atoms with Crippen LogP contribution in [0.4, 0.5) is 4.39 Å². The van der Waals surface area contributed by atoms with Gasteiger partial charge in [-0.15, -0.1) is 0 Å². The van der Waals surface area contributed by atoms with Gasteiger partial charge in [0.2, 0.25) is 0 Å². The molecule has 0 saturated heterocycles. The van der Waals surface area contributed by atoms with Crippen LogP contribution in [0.3, 0.4) is 0 Å². The summed E-state index contributed by atoms with van der Waals surface area (Å²) in [6.45, 7) is 4.19. The van der Waals surface area contributed by atoms with Crippen LogP contribution in [0.2, 0.25) is 0 Å². The summed E-state index contributed by atoms with van der Waals surface area (Å²) in [7, 11) is 1.45. The number of ether oxygens (including phenoxy) is 1. The normalized spacial score (nSPS) is 14.6. The molecular weight excluding hydrogens is 207 g/mol. The first-order chi connectivity index (χ1) is 7.63. The van der Waals surface area contributed by atoms with Crippen LogP contribution in [0, 0.1) is 11.7 Å². The highest BCUT2D eigenvalue weighted by molar-refractivity contribution is 5.32. The summed E-state index contributed by atoms with van der Waals surface area (Å²) in [5.74, 6) is 5.80. The van der Waals surface area contributed by atoms with Gasteiger partial charge in [-0.05, 0) is 23.6 Å². The quantitative estimate of drug-likeness (QED) is 0.598. The van der Waals surface area contributed by atoms with Crippen LogP contribution in [0.5, 0.6) is 5.75 Å². The maximum atomic E-state index is 13.2. The van der Waals surface area contributed by atoms with Crippen molar-refractivity contribution in [2.45, 2.75) is 26.3 Å². The van der Waals surface area contributed by atoms with Gasteiger partial charge >= 0.3 is 0 Å². The van der Waals surface area contributed by atoms with Gasteiger partial charge in [-0.3, -0.25) is 11.3 Å². The van der Waals surface area contributed by atoms with Crippen LogP contribution >= 0.6 is 0 Å². The van der Waals surface area contributed by atoms with Gasteiger partial charge in [-0.25, -0.2) is 4.39 Å². The van der Waals surface area contributed by atoms with Crippen molar-refractivity contribution >= 4 is 0 Å². The predicted molar refractivity (Wildman–Crippen MR) is 62.5 cm³/mol. The maximum absolute atomic E-state index is 13.2. The molecule has 0 aliphatic heterocycles. The van der Waals surface area contributed by atoms with Gasteiger partial charge in [0.25, 0.3) is 0 Å². The van der Waals surface area contributed by atoms with Crippen molar-refractivity contribution in [3.63, 3.8) is 0 Å². The zero-order chi connectivity index (χ0) is 12.1. The Kier molecular flexibility index (Phi) is 4.71. The number of nitrogens with one attached hydrogen (secondary N) is 1. The minimum atomic E-state index is -0.355. The first-order valence-electron chi connectivity index (χ1n) is 5.43. The van der Waals surface area contributed by atoms with E-state index >= 15 is 0 Å². The molecule has 2 atom stereocenters. The predicted octanol–water partition coefficient (Wildman–Crippen LogP) is 2.38. The third-order valence-corrected chi connectivity index (χ3v) is 2.93. The van der Waals surface area contributed by atoms with Gasteiger partial charge in [0.05, 0.1) is 7.11 Å². The standard InChI is InChI=1S/C12H19FN2O/c1-4-8(2)12(15-14)9-5-6-10(13)11(7-9)16-3/h5-8,12,15H,4,14H2,1-3H3. The van der Waals surface area contributed by atoms with Crippen LogP contribution in [-0.4, -0.2) is 7.11 Å². The van der Waals surface area contributed by atoms with Crippen LogP contribution in [0.15, 0.2) is 18.2 Å². The average molecular weight is 226 g/mol. The fraction of sp³-hybridized carbons (Fsp3) is 0.500. The van der Waals surface area contributed by atoms with E-state index in [-0.39, 0.29) is 17.6 Å². The Hall–Kier alpha value is -1.13. The molecule has 0 radical (unpaired) electrons. The molecule has 0 amide bonds. The van der Waals surface area contributed by atoms with Crippen molar-refractivity contribution in [1.29, 1.82) is 0 Å². The second kappa shape index (κ2) is 5.82. The summed E-state index contributed by atoms with van der Waals surface area (Å²) in [6, 6.07) is 4.83. The van der Waals surface area contributed by atoms with Gasteiger partial charge < -0.3 is 4.74 Å². The first kappa shape index (κ1) is 12.9. The van der Waals surface area contributed by atoms with Crippen LogP contribution in [0.1, 0.15) is 31.9 Å². The molecule has 4 heteroatoms. The minimum Gasteiger partial charge on any atom is -0.494 e. The lowest BCUT2D eigenvalue weighted by atomic mass is 9.93. The molecule has 3 nitrogen and oxygen atoms in total. The summed E-state index contributed by atoms with van der Waals surface area (Å²) < 4.78 is 18.2. The molecule has 0 saturated carbocycles. The highest BCUT2D eigenvalue weighted by atomic mass is 19.1. The van der Waals surface area contributed by atoms with Crippen molar-refractivity contribution in [3.05, 3.63) is 29.6 Å². The zero-order valence-electron chi connectivity index (χ0n) is 9.96. The molecule has 0 heterocycles. The van der Waals surface area contributed by atoms with Crippen molar-refractivity contribution in [2.75, 3.05) is 7.11 Å². The van der Waals surface area contributed by atoms with E-state index in [1.807, 2.05) is 0 Å². The number of hydrogen-bond donors (Lipinski definition) is 2. The first-order valence-corrected chi connectivity index (χ1v) is 5.43. The minimum absolute atomic E-state index is 0.0134. The number of nitrogens with two attached hydrogens (primary N) is 1. The molecule has 0 aromatic heterocycles. The fourth-order valence-electron chi connectivity index (χ4n) is 1.69. The zero-order valence-corrected chi connectivity index (χ0v) is 9.96. The Morgan fingerprint density at radius 2 is 2.19 bits per heavy atom. The van der Waals surface area contributed by atoms with Gasteiger partial charge in [-0.1, -0.05) is 26.3 Å². The molecule has 1 rings (SSSR count). The fourth-order valence-corrected chi connectivity index (χ4v) is 1.69. The smallest absolute Gasteiger partial charge is 0.165 e. The molecule has 0 fully saturated rings. The van der Waals surface area contributed by atoms with E-state index in [1.54, 1.807) is 12.1 Å². The Labute approximate surface area is 95.8 Å². The SMILES string of the molecule is CCC(C)C(NN)c1ccc(F)c(OC)c1. The van der Waals surface area contributed by atoms with Crippen molar-refractivity contribution < 1.29 is 9.13 Å². The lowest BCUT2D eigenvalue weighted by molar-refractivity contribution is 0.369. The van der Waals surface area contributed by atoms with E-state index in [0.29, 0.717) is 5.92 Å². The summed E-state index contributed by atoms with van der Waals surface area (Å²) >= 11 is 0. The number of hydrogen-bond acceptors (Lipinski definition) is 3. The van der Waals surface area contributed by atoms with E-state index in [9.17, 15) is 4.39 Å². The van der Waals surface area contributed by atoms with E-state index in [2.05, 4.69) is 19.3 Å². The number of rotatable bonds is 5. The molecule has 16 heavy (non-hydrogen) atoms. The Morgan fingerprint density at radius 1 is 1.50 bits per heavy atom.